The zero-order chi connectivity index (χ0) is 18.9. The highest BCUT2D eigenvalue weighted by Gasteiger charge is 2.28. The van der Waals surface area contributed by atoms with Gasteiger partial charge in [-0.05, 0) is 43.7 Å². The van der Waals surface area contributed by atoms with Gasteiger partial charge in [0.1, 0.15) is 0 Å². The molecule has 0 aromatic heterocycles. The van der Waals surface area contributed by atoms with E-state index in [0.717, 1.165) is 25.7 Å². The van der Waals surface area contributed by atoms with Crippen LogP contribution in [0.15, 0.2) is 12.1 Å². The molecule has 3 nitrogen and oxygen atoms in total. The lowest BCUT2D eigenvalue weighted by Crippen LogP contribution is -2.26. The van der Waals surface area contributed by atoms with Gasteiger partial charge in [-0.3, -0.25) is 4.79 Å². The van der Waals surface area contributed by atoms with E-state index in [1.165, 1.54) is 57.8 Å². The van der Waals surface area contributed by atoms with Gasteiger partial charge in [-0.1, -0.05) is 45.4 Å². The van der Waals surface area contributed by atoms with Crippen LogP contribution in [0.3, 0.4) is 0 Å². The van der Waals surface area contributed by atoms with Crippen molar-refractivity contribution in [1.82, 2.24) is 0 Å². The molecule has 1 saturated carbocycles. The summed E-state index contributed by atoms with van der Waals surface area (Å²) >= 11 is 0. The summed E-state index contributed by atoms with van der Waals surface area (Å²) in [5.74, 6) is -2.90. The van der Waals surface area contributed by atoms with Gasteiger partial charge in [-0.25, -0.2) is 0 Å². The second-order valence-corrected chi connectivity index (χ2v) is 7.24. The largest absolute Gasteiger partial charge is 0.494 e. The second kappa shape index (κ2) is 10.5. The van der Waals surface area contributed by atoms with E-state index in [0.29, 0.717) is 5.92 Å². The Labute approximate surface area is 155 Å². The van der Waals surface area contributed by atoms with E-state index in [1.807, 2.05) is 0 Å². The number of methoxy groups -OCH3 is 1. The van der Waals surface area contributed by atoms with E-state index in [9.17, 15) is 13.6 Å². The maximum Gasteiger partial charge on any atom is 0.314 e. The minimum absolute atomic E-state index is 0.207. The Balaban J connectivity index is 1.77. The maximum absolute atomic E-state index is 13.9. The monoisotopic (exact) mass is 368 g/mol. The zero-order valence-electron chi connectivity index (χ0n) is 15.9. The number of hydrogen-bond donors (Lipinski definition) is 0. The third-order valence-corrected chi connectivity index (χ3v) is 5.34. The van der Waals surface area contributed by atoms with E-state index in [-0.39, 0.29) is 17.4 Å². The van der Waals surface area contributed by atoms with Gasteiger partial charge in [0.05, 0.1) is 13.0 Å². The Kier molecular flexibility index (Phi) is 8.33. The van der Waals surface area contributed by atoms with Crippen LogP contribution in [0.1, 0.15) is 71.1 Å². The zero-order valence-corrected chi connectivity index (χ0v) is 15.9. The second-order valence-electron chi connectivity index (χ2n) is 7.24. The van der Waals surface area contributed by atoms with Gasteiger partial charge < -0.3 is 9.47 Å². The molecule has 5 heteroatoms. The van der Waals surface area contributed by atoms with Gasteiger partial charge in [-0.2, -0.15) is 8.78 Å². The smallest absolute Gasteiger partial charge is 0.314 e. The highest BCUT2D eigenvalue weighted by Crippen LogP contribution is 2.34. The fourth-order valence-electron chi connectivity index (χ4n) is 3.67. The van der Waals surface area contributed by atoms with Crippen molar-refractivity contribution in [2.75, 3.05) is 7.11 Å². The molecule has 0 aliphatic heterocycles. The minimum Gasteiger partial charge on any atom is -0.494 e. The van der Waals surface area contributed by atoms with Crippen molar-refractivity contribution >= 4 is 5.97 Å². The van der Waals surface area contributed by atoms with E-state index in [4.69, 9.17) is 9.47 Å². The summed E-state index contributed by atoms with van der Waals surface area (Å²) in [6.07, 6.45) is 11.2. The van der Waals surface area contributed by atoms with Crippen molar-refractivity contribution in [1.29, 1.82) is 0 Å². The van der Waals surface area contributed by atoms with Crippen LogP contribution in [0, 0.1) is 23.5 Å². The third kappa shape index (κ3) is 5.68. The van der Waals surface area contributed by atoms with E-state index in [2.05, 4.69) is 6.92 Å². The molecule has 0 amide bonds. The molecule has 0 heterocycles. The van der Waals surface area contributed by atoms with Crippen LogP contribution in [-0.2, 0) is 4.79 Å². The van der Waals surface area contributed by atoms with Gasteiger partial charge in [-0.15, -0.1) is 0 Å². The van der Waals surface area contributed by atoms with Gasteiger partial charge in [0, 0.05) is 0 Å². The minimum atomic E-state index is -1.18. The summed E-state index contributed by atoms with van der Waals surface area (Å²) in [6, 6.07) is 2.49. The summed E-state index contributed by atoms with van der Waals surface area (Å²) in [6.45, 7) is 2.21. The molecule has 0 unspecified atom stereocenters. The molecule has 1 aliphatic carbocycles. The molecule has 0 spiro atoms. The van der Waals surface area contributed by atoms with E-state index in [1.54, 1.807) is 0 Å². The average molecular weight is 368 g/mol. The molecule has 26 heavy (non-hydrogen) atoms. The van der Waals surface area contributed by atoms with Crippen LogP contribution in [-0.4, -0.2) is 13.1 Å². The fourth-order valence-corrected chi connectivity index (χ4v) is 3.67. The highest BCUT2D eigenvalue weighted by atomic mass is 19.2. The van der Waals surface area contributed by atoms with Crippen molar-refractivity contribution in [3.8, 4) is 11.5 Å². The number of esters is 1. The quantitative estimate of drug-likeness (QED) is 0.302. The van der Waals surface area contributed by atoms with Crippen molar-refractivity contribution in [3.05, 3.63) is 23.8 Å². The first-order valence-electron chi connectivity index (χ1n) is 9.80. The third-order valence-electron chi connectivity index (χ3n) is 5.34. The molecule has 0 radical (unpaired) electrons. The first kappa shape index (κ1) is 20.7. The van der Waals surface area contributed by atoms with E-state index < -0.39 is 17.6 Å². The summed E-state index contributed by atoms with van der Waals surface area (Å²) in [5, 5.41) is 0. The first-order chi connectivity index (χ1) is 12.6. The Morgan fingerprint density at radius 1 is 1.00 bits per heavy atom. The topological polar surface area (TPSA) is 35.5 Å². The molecule has 146 valence electrons. The normalized spacial score (nSPS) is 20.0. The lowest BCUT2D eigenvalue weighted by molar-refractivity contribution is -0.140. The molecule has 0 bridgehead atoms. The Bertz CT molecular complexity index is 581. The lowest BCUT2D eigenvalue weighted by atomic mass is 9.80. The number of ether oxygens (including phenoxy) is 2. The van der Waals surface area contributed by atoms with Crippen LogP contribution in [0.5, 0.6) is 11.5 Å². The molecule has 1 aliphatic rings. The number of unbranched alkanes of at least 4 members (excludes halogenated alkanes) is 4. The lowest BCUT2D eigenvalue weighted by Gasteiger charge is -2.27. The predicted molar refractivity (Wildman–Crippen MR) is 97.4 cm³/mol. The number of halogens is 2. The summed E-state index contributed by atoms with van der Waals surface area (Å²) in [4.78, 5) is 12.3. The number of rotatable bonds is 9. The fraction of sp³-hybridized carbons (Fsp3) is 0.667. The molecule has 0 atom stereocenters. The van der Waals surface area contributed by atoms with Crippen molar-refractivity contribution in [2.45, 2.75) is 71.1 Å². The molecule has 1 aromatic carbocycles. The average Bonchev–Trinajstić information content (AvgIpc) is 2.66. The summed E-state index contributed by atoms with van der Waals surface area (Å²) in [5.41, 5.74) is 0. The van der Waals surface area contributed by atoms with Crippen LogP contribution < -0.4 is 9.47 Å². The van der Waals surface area contributed by atoms with Crippen molar-refractivity contribution < 1.29 is 23.0 Å². The van der Waals surface area contributed by atoms with Crippen LogP contribution in [0.4, 0.5) is 8.78 Å². The Morgan fingerprint density at radius 3 is 2.27 bits per heavy atom. The Hall–Kier alpha value is -1.65. The molecule has 0 saturated heterocycles. The molecule has 1 fully saturated rings. The van der Waals surface area contributed by atoms with Crippen LogP contribution >= 0.6 is 0 Å². The molecular weight excluding hydrogens is 338 g/mol. The van der Waals surface area contributed by atoms with E-state index >= 15 is 0 Å². The number of benzene rings is 1. The van der Waals surface area contributed by atoms with Gasteiger partial charge >= 0.3 is 5.97 Å². The standard InChI is InChI=1S/C21H30F2O3/c1-3-4-5-6-7-8-15-9-11-16(12-10-15)21(24)26-18-14-13-17(25-2)19(22)20(18)23/h13-16H,3-12H2,1-2H3/t15-,16-. The summed E-state index contributed by atoms with van der Waals surface area (Å²) < 4.78 is 37.5. The SMILES string of the molecule is CCCCCCC[C@H]1CC[C@H](C(=O)Oc2ccc(OC)c(F)c2F)CC1. The van der Waals surface area contributed by atoms with Gasteiger partial charge in [0.2, 0.25) is 11.6 Å². The van der Waals surface area contributed by atoms with Crippen molar-refractivity contribution in [3.63, 3.8) is 0 Å². The van der Waals surface area contributed by atoms with Gasteiger partial charge in [0.15, 0.2) is 11.5 Å². The molecular formula is C21H30F2O3. The first-order valence-corrected chi connectivity index (χ1v) is 9.80. The van der Waals surface area contributed by atoms with Crippen molar-refractivity contribution in [2.24, 2.45) is 11.8 Å². The maximum atomic E-state index is 13.9. The molecule has 0 N–H and O–H groups in total. The highest BCUT2D eigenvalue weighted by molar-refractivity contribution is 5.75. The van der Waals surface area contributed by atoms with Crippen LogP contribution in [0.25, 0.3) is 0 Å². The van der Waals surface area contributed by atoms with Crippen LogP contribution in [0.2, 0.25) is 0 Å². The Morgan fingerprint density at radius 2 is 1.62 bits per heavy atom. The summed E-state index contributed by atoms with van der Waals surface area (Å²) in [7, 11) is 1.26. The predicted octanol–water partition coefficient (Wildman–Crippen LogP) is 6.05. The molecule has 1 aromatic rings. The number of hydrogen-bond acceptors (Lipinski definition) is 3. The van der Waals surface area contributed by atoms with Gasteiger partial charge in [0.25, 0.3) is 0 Å². The molecule has 2 rings (SSSR count). The number of carbonyl (C=O) groups excluding carboxylic acids is 1. The number of carbonyl (C=O) groups is 1.